The molecule has 0 saturated carbocycles. The van der Waals surface area contributed by atoms with Crippen LogP contribution in [0.3, 0.4) is 0 Å². The maximum Gasteiger partial charge on any atom is 0.356 e. The van der Waals surface area contributed by atoms with Gasteiger partial charge in [-0.1, -0.05) is 17.7 Å². The molecule has 0 aliphatic rings. The minimum Gasteiger partial charge on any atom is -0.464 e. The Labute approximate surface area is 119 Å². The molecule has 0 fully saturated rings. The number of benzene rings is 1. The molecular weight excluding hydrogens is 285 g/mol. The number of nitrogens with zero attached hydrogens (tertiary/aromatic N) is 1. The molecule has 0 aliphatic heterocycles. The van der Waals surface area contributed by atoms with Gasteiger partial charge in [0, 0.05) is 0 Å². The van der Waals surface area contributed by atoms with Crippen LogP contribution in [-0.4, -0.2) is 18.1 Å². The Balaban J connectivity index is 2.40. The van der Waals surface area contributed by atoms with Crippen molar-refractivity contribution in [3.63, 3.8) is 0 Å². The van der Waals surface area contributed by atoms with Gasteiger partial charge >= 0.3 is 5.97 Å². The molecule has 2 rings (SSSR count). The molecule has 0 radical (unpaired) electrons. The van der Waals surface area contributed by atoms with Gasteiger partial charge in [0.25, 0.3) is 0 Å². The lowest BCUT2D eigenvalue weighted by atomic mass is 10.2. The quantitative estimate of drug-likeness (QED) is 0.851. The number of esters is 1. The number of rotatable bonds is 3. The zero-order valence-electron chi connectivity index (χ0n) is 10.5. The highest BCUT2D eigenvalue weighted by Crippen LogP contribution is 2.29. The van der Waals surface area contributed by atoms with E-state index >= 15 is 0 Å². The van der Waals surface area contributed by atoms with Gasteiger partial charge in [-0.3, -0.25) is 0 Å². The molecule has 1 aromatic heterocycles. The molecule has 5 nitrogen and oxygen atoms in total. The van der Waals surface area contributed by atoms with E-state index in [1.807, 2.05) is 0 Å². The number of nitrogens with one attached hydrogen (secondary N) is 1. The summed E-state index contributed by atoms with van der Waals surface area (Å²) < 4.78 is 18.2. The van der Waals surface area contributed by atoms with Crippen LogP contribution >= 0.6 is 11.6 Å². The summed E-state index contributed by atoms with van der Waals surface area (Å²) in [4.78, 5) is 15.4. The van der Waals surface area contributed by atoms with Crippen molar-refractivity contribution >= 4 is 34.8 Å². The van der Waals surface area contributed by atoms with E-state index in [0.29, 0.717) is 0 Å². The number of pyridine rings is 1. The molecule has 0 atom stereocenters. The summed E-state index contributed by atoms with van der Waals surface area (Å²) in [5.41, 5.74) is 6.07. The topological polar surface area (TPSA) is 77.2 Å². The number of methoxy groups -OCH3 is 1. The van der Waals surface area contributed by atoms with Crippen molar-refractivity contribution in [2.45, 2.75) is 0 Å². The number of hydrogen-bond acceptors (Lipinski definition) is 5. The number of carbonyl (C=O) groups excluding carboxylic acids is 1. The molecule has 0 spiro atoms. The number of nitrogens with two attached hydrogens (primary N) is 1. The molecule has 0 aliphatic carbocycles. The fraction of sp³-hybridized carbons (Fsp3) is 0.0769. The third kappa shape index (κ3) is 2.80. The van der Waals surface area contributed by atoms with Crippen molar-refractivity contribution in [2.24, 2.45) is 0 Å². The van der Waals surface area contributed by atoms with Crippen molar-refractivity contribution < 1.29 is 13.9 Å². The van der Waals surface area contributed by atoms with Crippen LogP contribution in [0.1, 0.15) is 10.5 Å². The molecular formula is C13H11ClFN3O2. The number of hydrogen-bond donors (Lipinski definition) is 2. The van der Waals surface area contributed by atoms with E-state index in [9.17, 15) is 9.18 Å². The second-order valence-electron chi connectivity index (χ2n) is 3.85. The average molecular weight is 296 g/mol. The molecule has 7 heteroatoms. The lowest BCUT2D eigenvalue weighted by molar-refractivity contribution is 0.0594. The predicted octanol–water partition coefficient (Wildman–Crippen LogP) is 2.99. The van der Waals surface area contributed by atoms with Crippen molar-refractivity contribution in [2.75, 3.05) is 18.2 Å². The number of aromatic nitrogens is 1. The fourth-order valence-corrected chi connectivity index (χ4v) is 1.73. The van der Waals surface area contributed by atoms with Gasteiger partial charge in [0.05, 0.1) is 23.5 Å². The molecule has 1 aromatic carbocycles. The van der Waals surface area contributed by atoms with Crippen LogP contribution in [0.5, 0.6) is 0 Å². The van der Waals surface area contributed by atoms with E-state index < -0.39 is 11.8 Å². The maximum absolute atomic E-state index is 13.7. The first-order valence-electron chi connectivity index (χ1n) is 5.59. The van der Waals surface area contributed by atoms with Gasteiger partial charge in [0.2, 0.25) is 0 Å². The molecule has 3 N–H and O–H groups in total. The molecule has 2 aromatic rings. The van der Waals surface area contributed by atoms with E-state index in [0.717, 1.165) is 0 Å². The van der Waals surface area contributed by atoms with Crippen LogP contribution in [0.15, 0.2) is 30.3 Å². The Morgan fingerprint density at radius 1 is 1.40 bits per heavy atom. The summed E-state index contributed by atoms with van der Waals surface area (Å²) in [6, 6.07) is 7.12. The van der Waals surface area contributed by atoms with E-state index in [2.05, 4.69) is 15.0 Å². The molecule has 0 bridgehead atoms. The monoisotopic (exact) mass is 295 g/mol. The number of ether oxygens (including phenoxy) is 1. The summed E-state index contributed by atoms with van der Waals surface area (Å²) in [7, 11) is 1.24. The van der Waals surface area contributed by atoms with Gasteiger partial charge in [0.15, 0.2) is 11.5 Å². The number of para-hydroxylation sites is 1. The third-order valence-electron chi connectivity index (χ3n) is 2.53. The van der Waals surface area contributed by atoms with Crippen molar-refractivity contribution in [1.29, 1.82) is 0 Å². The second-order valence-corrected chi connectivity index (χ2v) is 4.25. The van der Waals surface area contributed by atoms with Gasteiger partial charge in [0.1, 0.15) is 5.82 Å². The molecule has 0 amide bonds. The Morgan fingerprint density at radius 3 is 2.80 bits per heavy atom. The second kappa shape index (κ2) is 5.75. The highest BCUT2D eigenvalue weighted by Gasteiger charge is 2.13. The largest absolute Gasteiger partial charge is 0.464 e. The zero-order valence-corrected chi connectivity index (χ0v) is 11.2. The van der Waals surface area contributed by atoms with Gasteiger partial charge in [-0.25, -0.2) is 14.2 Å². The van der Waals surface area contributed by atoms with Crippen molar-refractivity contribution in [3.05, 3.63) is 46.9 Å². The first-order valence-corrected chi connectivity index (χ1v) is 5.96. The van der Waals surface area contributed by atoms with Crippen LogP contribution in [0.2, 0.25) is 5.02 Å². The smallest absolute Gasteiger partial charge is 0.356 e. The predicted molar refractivity (Wildman–Crippen MR) is 74.7 cm³/mol. The standard InChI is InChI=1S/C13H11ClFN3O2/c1-20-13(19)10-6-5-9(16)12(17-10)18-11-7(14)3-2-4-8(11)15/h2-6H,16H2,1H3,(H,17,18). The zero-order chi connectivity index (χ0) is 14.7. The highest BCUT2D eigenvalue weighted by molar-refractivity contribution is 6.33. The van der Waals surface area contributed by atoms with E-state index in [-0.39, 0.29) is 27.9 Å². The molecule has 104 valence electrons. The number of nitrogen functional groups attached to an aromatic ring is 1. The highest BCUT2D eigenvalue weighted by atomic mass is 35.5. The van der Waals surface area contributed by atoms with E-state index in [4.69, 9.17) is 17.3 Å². The minimum absolute atomic E-state index is 0.0374. The Hall–Kier alpha value is -2.34. The maximum atomic E-state index is 13.7. The van der Waals surface area contributed by atoms with Crippen LogP contribution < -0.4 is 11.1 Å². The summed E-state index contributed by atoms with van der Waals surface area (Å²) >= 11 is 5.90. The van der Waals surface area contributed by atoms with Crippen LogP contribution in [-0.2, 0) is 4.74 Å². The fourth-order valence-electron chi connectivity index (χ4n) is 1.52. The molecule has 1 heterocycles. The van der Waals surface area contributed by atoms with E-state index in [1.54, 1.807) is 0 Å². The van der Waals surface area contributed by atoms with Crippen LogP contribution in [0.25, 0.3) is 0 Å². The van der Waals surface area contributed by atoms with Crippen molar-refractivity contribution in [3.8, 4) is 0 Å². The molecule has 0 unspecified atom stereocenters. The van der Waals surface area contributed by atoms with Gasteiger partial charge in [-0.05, 0) is 24.3 Å². The first kappa shape index (κ1) is 14.1. The summed E-state index contributed by atoms with van der Waals surface area (Å²) in [5, 5.41) is 2.85. The van der Waals surface area contributed by atoms with Gasteiger partial charge < -0.3 is 15.8 Å². The first-order chi connectivity index (χ1) is 9.52. The third-order valence-corrected chi connectivity index (χ3v) is 2.84. The van der Waals surface area contributed by atoms with Crippen molar-refractivity contribution in [1.82, 2.24) is 4.98 Å². The van der Waals surface area contributed by atoms with Crippen LogP contribution in [0.4, 0.5) is 21.6 Å². The number of halogens is 2. The summed E-state index contributed by atoms with van der Waals surface area (Å²) in [6.45, 7) is 0. The molecule has 20 heavy (non-hydrogen) atoms. The lowest BCUT2D eigenvalue weighted by Gasteiger charge is -2.11. The Bertz CT molecular complexity index is 644. The SMILES string of the molecule is COC(=O)c1ccc(N)c(Nc2c(F)cccc2Cl)n1. The number of carbonyl (C=O) groups is 1. The molecule has 0 saturated heterocycles. The average Bonchev–Trinajstić information content (AvgIpc) is 2.44. The Morgan fingerprint density at radius 2 is 2.15 bits per heavy atom. The lowest BCUT2D eigenvalue weighted by Crippen LogP contribution is -2.08. The Kier molecular flexibility index (Phi) is 4.05. The summed E-state index contributed by atoms with van der Waals surface area (Å²) in [6.07, 6.45) is 0. The van der Waals surface area contributed by atoms with Gasteiger partial charge in [-0.15, -0.1) is 0 Å². The normalized spacial score (nSPS) is 10.2. The summed E-state index contributed by atoms with van der Waals surface area (Å²) in [5.74, 6) is -1.05. The van der Waals surface area contributed by atoms with E-state index in [1.165, 1.54) is 37.4 Å². The minimum atomic E-state index is -0.618. The van der Waals surface area contributed by atoms with Gasteiger partial charge in [-0.2, -0.15) is 0 Å². The van der Waals surface area contributed by atoms with Crippen LogP contribution in [0, 0.1) is 5.82 Å². The number of anilines is 3.